The maximum absolute atomic E-state index is 11.8. The van der Waals surface area contributed by atoms with E-state index in [1.807, 2.05) is 37.3 Å². The molecule has 1 unspecified atom stereocenters. The Morgan fingerprint density at radius 3 is 2.69 bits per heavy atom. The zero-order chi connectivity index (χ0) is 21.0. The molecule has 2 heterocycles. The van der Waals surface area contributed by atoms with E-state index >= 15 is 0 Å². The van der Waals surface area contributed by atoms with E-state index in [0.29, 0.717) is 6.42 Å². The molecule has 29 heavy (non-hydrogen) atoms. The van der Waals surface area contributed by atoms with E-state index in [1.165, 1.54) is 23.8 Å². The molecule has 4 atom stereocenters. The number of H-pyrrole nitrogens is 1. The number of ether oxygens (including phenoxy) is 3. The Labute approximate surface area is 173 Å². The monoisotopic (exact) mass is 414 g/mol. The highest BCUT2D eigenvalue weighted by Gasteiger charge is 2.57. The number of benzene rings is 1. The van der Waals surface area contributed by atoms with Crippen molar-refractivity contribution in [1.29, 1.82) is 0 Å². The summed E-state index contributed by atoms with van der Waals surface area (Å²) in [6.45, 7) is 3.44. The topological polar surface area (TPSA) is 82.5 Å². The predicted octanol–water partition coefficient (Wildman–Crippen LogP) is 2.73. The number of aromatic nitrogens is 2. The van der Waals surface area contributed by atoms with Crippen LogP contribution in [0.3, 0.4) is 0 Å². The van der Waals surface area contributed by atoms with Crippen LogP contribution in [0.15, 0.2) is 47.4 Å². The first-order valence-electron chi connectivity index (χ1n) is 9.20. The van der Waals surface area contributed by atoms with Crippen LogP contribution in [0.2, 0.25) is 0 Å². The number of aromatic amines is 1. The molecule has 0 spiro atoms. The van der Waals surface area contributed by atoms with E-state index in [0.717, 1.165) is 5.56 Å². The van der Waals surface area contributed by atoms with Crippen LogP contribution < -0.4 is 5.56 Å². The fourth-order valence-corrected chi connectivity index (χ4v) is 3.68. The van der Waals surface area contributed by atoms with Gasteiger partial charge in [-0.05, 0) is 24.2 Å². The molecule has 1 fully saturated rings. The molecule has 7 nitrogen and oxygen atoms in total. The van der Waals surface area contributed by atoms with E-state index in [4.69, 9.17) is 32.9 Å². The molecule has 1 N–H and O–H groups in total. The Bertz CT molecular complexity index is 1030. The summed E-state index contributed by atoms with van der Waals surface area (Å²) in [6, 6.07) is 10.9. The van der Waals surface area contributed by atoms with Crippen molar-refractivity contribution in [2.75, 3.05) is 0 Å². The molecule has 0 aliphatic carbocycles. The maximum Gasteiger partial charge on any atom is 0.303 e. The van der Waals surface area contributed by atoms with Crippen LogP contribution in [-0.2, 0) is 25.6 Å². The van der Waals surface area contributed by atoms with Gasteiger partial charge in [-0.1, -0.05) is 43.2 Å². The summed E-state index contributed by atoms with van der Waals surface area (Å²) in [5.41, 5.74) is -0.533. The molecule has 1 aromatic carbocycles. The van der Waals surface area contributed by atoms with Gasteiger partial charge in [0.25, 0.3) is 5.56 Å². The lowest BCUT2D eigenvalue weighted by Crippen LogP contribution is -2.45. The molecule has 1 aromatic heterocycles. The van der Waals surface area contributed by atoms with Gasteiger partial charge < -0.3 is 14.2 Å². The molecular formula is C21H22N2O5S. The van der Waals surface area contributed by atoms with E-state index in [-0.39, 0.29) is 16.9 Å². The molecule has 1 aliphatic rings. The van der Waals surface area contributed by atoms with Gasteiger partial charge in [0.1, 0.15) is 6.10 Å². The highest BCUT2D eigenvalue weighted by Crippen LogP contribution is 2.42. The molecule has 0 saturated carbocycles. The Balaban J connectivity index is 2.01. The summed E-state index contributed by atoms with van der Waals surface area (Å²) in [7, 11) is 0. The van der Waals surface area contributed by atoms with Crippen LogP contribution in [0, 0.1) is 17.1 Å². The summed E-state index contributed by atoms with van der Waals surface area (Å²) in [6.07, 6.45) is 5.32. The second-order valence-electron chi connectivity index (χ2n) is 6.70. The van der Waals surface area contributed by atoms with Gasteiger partial charge in [-0.15, -0.1) is 6.42 Å². The van der Waals surface area contributed by atoms with Crippen molar-refractivity contribution >= 4 is 18.2 Å². The van der Waals surface area contributed by atoms with Gasteiger partial charge in [-0.3, -0.25) is 19.1 Å². The normalized spacial score (nSPS) is 26.0. The van der Waals surface area contributed by atoms with E-state index in [2.05, 4.69) is 10.9 Å². The molecule has 1 saturated heterocycles. The Morgan fingerprint density at radius 2 is 2.10 bits per heavy atom. The number of hydrogen-bond donors (Lipinski definition) is 1. The van der Waals surface area contributed by atoms with Gasteiger partial charge in [-0.25, -0.2) is 0 Å². The van der Waals surface area contributed by atoms with Crippen LogP contribution in [0.25, 0.3) is 0 Å². The summed E-state index contributed by atoms with van der Waals surface area (Å²) in [4.78, 5) is 25.9. The lowest BCUT2D eigenvalue weighted by atomic mass is 9.93. The number of rotatable bonds is 6. The molecule has 3 rings (SSSR count). The van der Waals surface area contributed by atoms with Gasteiger partial charge in [0.2, 0.25) is 0 Å². The molecular weight excluding hydrogens is 392 g/mol. The number of nitrogens with one attached hydrogen (secondary N) is 1. The predicted molar refractivity (Wildman–Crippen MR) is 108 cm³/mol. The lowest BCUT2D eigenvalue weighted by molar-refractivity contribution is -0.158. The van der Waals surface area contributed by atoms with Crippen molar-refractivity contribution in [2.24, 2.45) is 0 Å². The summed E-state index contributed by atoms with van der Waals surface area (Å²) in [5, 5.41) is 0. The van der Waals surface area contributed by atoms with E-state index in [9.17, 15) is 9.59 Å². The SMILES string of the molecule is C#C[C@]1(CC)O[C@@H](n2ccc(=O)[nH]c2=S)C(OC(C)=O)[C@H]1OCc1ccccc1. The quantitative estimate of drug-likeness (QED) is 0.445. The van der Waals surface area contributed by atoms with Gasteiger partial charge in [0.05, 0.1) is 6.61 Å². The van der Waals surface area contributed by atoms with E-state index < -0.39 is 30.0 Å². The largest absolute Gasteiger partial charge is 0.455 e. The number of terminal acetylenes is 1. The van der Waals surface area contributed by atoms with Crippen molar-refractivity contribution in [3.63, 3.8) is 0 Å². The van der Waals surface area contributed by atoms with Crippen LogP contribution in [0.1, 0.15) is 32.1 Å². The van der Waals surface area contributed by atoms with Crippen LogP contribution >= 0.6 is 12.2 Å². The highest BCUT2D eigenvalue weighted by atomic mass is 32.1. The number of nitrogens with zero attached hydrogens (tertiary/aromatic N) is 1. The van der Waals surface area contributed by atoms with Crippen molar-refractivity contribution in [1.82, 2.24) is 9.55 Å². The molecule has 152 valence electrons. The van der Waals surface area contributed by atoms with Crippen molar-refractivity contribution in [2.45, 2.75) is 50.9 Å². The molecule has 8 heteroatoms. The summed E-state index contributed by atoms with van der Waals surface area (Å²) < 4.78 is 19.6. The zero-order valence-electron chi connectivity index (χ0n) is 16.2. The lowest BCUT2D eigenvalue weighted by Gasteiger charge is -2.29. The Morgan fingerprint density at radius 1 is 1.38 bits per heavy atom. The molecule has 1 aliphatic heterocycles. The molecule has 0 amide bonds. The number of esters is 1. The van der Waals surface area contributed by atoms with Gasteiger partial charge >= 0.3 is 5.97 Å². The third-order valence-electron chi connectivity index (χ3n) is 4.84. The molecule has 0 radical (unpaired) electrons. The van der Waals surface area contributed by atoms with Crippen LogP contribution in [0.5, 0.6) is 0 Å². The van der Waals surface area contributed by atoms with E-state index in [1.54, 1.807) is 0 Å². The smallest absolute Gasteiger partial charge is 0.303 e. The summed E-state index contributed by atoms with van der Waals surface area (Å²) in [5.74, 6) is 2.19. The third-order valence-corrected chi connectivity index (χ3v) is 5.15. The van der Waals surface area contributed by atoms with Crippen LogP contribution in [0.4, 0.5) is 0 Å². The van der Waals surface area contributed by atoms with Gasteiger partial charge in [-0.2, -0.15) is 0 Å². The van der Waals surface area contributed by atoms with Crippen molar-refractivity contribution in [3.05, 3.63) is 63.3 Å². The standard InChI is InChI=1S/C21H22N2O5S/c1-4-21(5-2)18(26-13-15-9-7-6-8-10-15)17(27-14(3)24)19(28-21)23-12-11-16(25)22-20(23)29/h1,6-12,17-19H,5,13H2,2-3H3,(H,22,25,29)/t17?,18-,19-,21-/m1/s1. The van der Waals surface area contributed by atoms with Crippen molar-refractivity contribution in [3.8, 4) is 12.3 Å². The van der Waals surface area contributed by atoms with Gasteiger partial charge in [0.15, 0.2) is 22.7 Å². The maximum atomic E-state index is 11.8. The molecule has 2 aromatic rings. The second kappa shape index (κ2) is 8.74. The fourth-order valence-electron chi connectivity index (χ4n) is 3.41. The first-order valence-corrected chi connectivity index (χ1v) is 9.61. The zero-order valence-corrected chi connectivity index (χ0v) is 17.0. The Hall–Kier alpha value is -2.73. The minimum atomic E-state index is -1.13. The number of carbonyl (C=O) groups excluding carboxylic acids is 1. The first-order chi connectivity index (χ1) is 13.9. The second-order valence-corrected chi connectivity index (χ2v) is 7.09. The highest BCUT2D eigenvalue weighted by molar-refractivity contribution is 7.71. The van der Waals surface area contributed by atoms with Crippen LogP contribution in [-0.4, -0.2) is 33.3 Å². The Kier molecular flexibility index (Phi) is 6.33. The third kappa shape index (κ3) is 4.32. The number of carbonyl (C=O) groups is 1. The van der Waals surface area contributed by atoms with Gasteiger partial charge in [0, 0.05) is 19.2 Å². The average molecular weight is 414 g/mol. The first kappa shape index (κ1) is 21.0. The number of hydrogen-bond acceptors (Lipinski definition) is 6. The minimum Gasteiger partial charge on any atom is -0.455 e. The average Bonchev–Trinajstić information content (AvgIpc) is 3.00. The summed E-state index contributed by atoms with van der Waals surface area (Å²) >= 11 is 5.26. The minimum absolute atomic E-state index is 0.130. The fraction of sp³-hybridized carbons (Fsp3) is 0.381. The van der Waals surface area contributed by atoms with Crippen molar-refractivity contribution < 1.29 is 19.0 Å². The molecule has 0 bridgehead atoms.